The molecule has 0 spiro atoms. The van der Waals surface area contributed by atoms with E-state index in [-0.39, 0.29) is 6.04 Å². The first-order valence-corrected chi connectivity index (χ1v) is 10.1. The lowest BCUT2D eigenvalue weighted by Crippen LogP contribution is -2.25. The van der Waals surface area contributed by atoms with Crippen LogP contribution in [0.25, 0.3) is 16.6 Å². The van der Waals surface area contributed by atoms with Crippen LogP contribution in [0.2, 0.25) is 10.0 Å². The van der Waals surface area contributed by atoms with Gasteiger partial charge in [-0.1, -0.05) is 29.3 Å². The summed E-state index contributed by atoms with van der Waals surface area (Å²) in [6, 6.07) is 7.53. The SMILES string of the molecule is CC1=C(c2nc3cscc3n2C)C(c2ccc(Cl)c(Cl)c2)n2nccc2N1. The zero-order valence-corrected chi connectivity index (χ0v) is 16.9. The molecule has 1 aliphatic rings. The van der Waals surface area contributed by atoms with E-state index in [4.69, 9.17) is 28.2 Å². The van der Waals surface area contributed by atoms with E-state index < -0.39 is 0 Å². The number of aromatic nitrogens is 4. The lowest BCUT2D eigenvalue weighted by molar-refractivity contribution is 0.613. The average Bonchev–Trinajstić information content (AvgIpc) is 3.34. The van der Waals surface area contributed by atoms with Crippen LogP contribution in [0.15, 0.2) is 46.9 Å². The van der Waals surface area contributed by atoms with Crippen molar-refractivity contribution in [3.05, 3.63) is 68.4 Å². The molecule has 0 radical (unpaired) electrons. The second-order valence-corrected chi connectivity index (χ2v) is 8.10. The molecule has 0 bridgehead atoms. The third kappa shape index (κ3) is 2.51. The highest BCUT2D eigenvalue weighted by Gasteiger charge is 2.32. The molecular weight excluding hydrogens is 401 g/mol. The lowest BCUT2D eigenvalue weighted by Gasteiger charge is -2.30. The highest BCUT2D eigenvalue weighted by atomic mass is 35.5. The van der Waals surface area contributed by atoms with Crippen LogP contribution in [0, 0.1) is 0 Å². The molecule has 0 saturated heterocycles. The molecule has 0 saturated carbocycles. The summed E-state index contributed by atoms with van der Waals surface area (Å²) in [5, 5.41) is 13.3. The summed E-state index contributed by atoms with van der Waals surface area (Å²) < 4.78 is 4.09. The molecule has 0 amide bonds. The number of nitrogens with zero attached hydrogens (tertiary/aromatic N) is 4. The van der Waals surface area contributed by atoms with Gasteiger partial charge in [-0.2, -0.15) is 5.10 Å². The smallest absolute Gasteiger partial charge is 0.141 e. The molecular formula is C19H15Cl2N5S. The first-order valence-electron chi connectivity index (χ1n) is 8.40. The van der Waals surface area contributed by atoms with Crippen LogP contribution in [-0.2, 0) is 7.05 Å². The maximum Gasteiger partial charge on any atom is 0.141 e. The van der Waals surface area contributed by atoms with Gasteiger partial charge in [-0.3, -0.25) is 0 Å². The van der Waals surface area contributed by atoms with E-state index in [0.29, 0.717) is 10.0 Å². The number of aryl methyl sites for hydroxylation is 1. The van der Waals surface area contributed by atoms with Crippen LogP contribution in [0.4, 0.5) is 5.82 Å². The molecule has 5 nitrogen and oxygen atoms in total. The summed E-state index contributed by atoms with van der Waals surface area (Å²) in [4.78, 5) is 4.89. The highest BCUT2D eigenvalue weighted by Crippen LogP contribution is 2.42. The van der Waals surface area contributed by atoms with Gasteiger partial charge in [0.25, 0.3) is 0 Å². The highest BCUT2D eigenvalue weighted by molar-refractivity contribution is 7.09. The van der Waals surface area contributed by atoms with Gasteiger partial charge in [0.2, 0.25) is 0 Å². The predicted octanol–water partition coefficient (Wildman–Crippen LogP) is 5.58. The van der Waals surface area contributed by atoms with Gasteiger partial charge in [-0.25, -0.2) is 9.67 Å². The Labute approximate surface area is 169 Å². The lowest BCUT2D eigenvalue weighted by atomic mass is 9.95. The summed E-state index contributed by atoms with van der Waals surface area (Å²) in [5.41, 5.74) is 5.23. The first kappa shape index (κ1) is 16.9. The molecule has 1 unspecified atom stereocenters. The number of hydrogen-bond acceptors (Lipinski definition) is 4. The van der Waals surface area contributed by atoms with Gasteiger partial charge in [0.05, 0.1) is 27.3 Å². The number of rotatable bonds is 2. The van der Waals surface area contributed by atoms with E-state index in [1.165, 1.54) is 0 Å². The van der Waals surface area contributed by atoms with Crippen molar-refractivity contribution in [1.29, 1.82) is 0 Å². The molecule has 4 heterocycles. The molecule has 1 aliphatic heterocycles. The third-order valence-corrected chi connectivity index (χ3v) is 6.39. The summed E-state index contributed by atoms with van der Waals surface area (Å²) in [7, 11) is 2.04. The fourth-order valence-corrected chi connectivity index (χ4v) is 4.73. The van der Waals surface area contributed by atoms with Gasteiger partial charge in [-0.15, -0.1) is 11.3 Å². The second kappa shape index (κ2) is 6.12. The van der Waals surface area contributed by atoms with Crippen LogP contribution in [0.5, 0.6) is 0 Å². The predicted molar refractivity (Wildman–Crippen MR) is 112 cm³/mol. The van der Waals surface area contributed by atoms with E-state index in [0.717, 1.165) is 39.5 Å². The Balaban J connectivity index is 1.77. The number of benzene rings is 1. The second-order valence-electron chi connectivity index (χ2n) is 6.54. The van der Waals surface area contributed by atoms with Crippen LogP contribution in [-0.4, -0.2) is 19.3 Å². The summed E-state index contributed by atoms with van der Waals surface area (Å²) in [6.07, 6.45) is 1.79. The van der Waals surface area contributed by atoms with Gasteiger partial charge in [0, 0.05) is 35.1 Å². The van der Waals surface area contributed by atoms with Gasteiger partial charge in [0.15, 0.2) is 0 Å². The topological polar surface area (TPSA) is 47.7 Å². The van der Waals surface area contributed by atoms with Crippen molar-refractivity contribution in [2.24, 2.45) is 7.05 Å². The van der Waals surface area contributed by atoms with Crippen molar-refractivity contribution < 1.29 is 0 Å². The molecule has 136 valence electrons. The molecule has 0 aliphatic carbocycles. The normalized spacial score (nSPS) is 16.7. The van der Waals surface area contributed by atoms with E-state index >= 15 is 0 Å². The number of halogens is 2. The van der Waals surface area contributed by atoms with Gasteiger partial charge in [0.1, 0.15) is 17.7 Å². The monoisotopic (exact) mass is 415 g/mol. The summed E-state index contributed by atoms with van der Waals surface area (Å²) in [5.74, 6) is 1.85. The number of hydrogen-bond donors (Lipinski definition) is 1. The van der Waals surface area contributed by atoms with E-state index in [1.54, 1.807) is 17.5 Å². The van der Waals surface area contributed by atoms with Crippen LogP contribution in [0.1, 0.15) is 24.4 Å². The Bertz CT molecular complexity index is 1220. The third-order valence-electron chi connectivity index (χ3n) is 4.94. The van der Waals surface area contributed by atoms with Crippen molar-refractivity contribution in [1.82, 2.24) is 19.3 Å². The molecule has 1 N–H and O–H groups in total. The number of allylic oxidation sites excluding steroid dienone is 2. The minimum Gasteiger partial charge on any atom is -0.344 e. The number of fused-ring (bicyclic) bond motifs is 2. The van der Waals surface area contributed by atoms with Crippen molar-refractivity contribution in [2.75, 3.05) is 5.32 Å². The molecule has 4 aromatic rings. The molecule has 3 aromatic heterocycles. The molecule has 8 heteroatoms. The number of anilines is 1. The van der Waals surface area contributed by atoms with E-state index in [2.05, 4.69) is 32.7 Å². The van der Waals surface area contributed by atoms with Crippen LogP contribution >= 0.6 is 34.5 Å². The fourth-order valence-electron chi connectivity index (χ4n) is 3.65. The Morgan fingerprint density at radius 3 is 2.78 bits per heavy atom. The zero-order chi connectivity index (χ0) is 18.7. The van der Waals surface area contributed by atoms with E-state index in [1.807, 2.05) is 36.0 Å². The molecule has 0 fully saturated rings. The van der Waals surface area contributed by atoms with Crippen LogP contribution in [0.3, 0.4) is 0 Å². The quantitative estimate of drug-likeness (QED) is 0.464. The Hall–Kier alpha value is -2.28. The standard InChI is InChI=1S/C19H15Cl2N5S/c1-10-17(19-24-14-8-27-9-15(14)25(19)2)18(26-16(23-10)5-6-22-26)11-3-4-12(20)13(21)7-11/h3-9,18,23H,1-2H3. The van der Waals surface area contributed by atoms with Crippen molar-refractivity contribution in [3.8, 4) is 0 Å². The van der Waals surface area contributed by atoms with Gasteiger partial charge in [-0.05, 0) is 24.6 Å². The Kier molecular flexibility index (Phi) is 3.82. The first-order chi connectivity index (χ1) is 13.0. The number of nitrogens with one attached hydrogen (secondary N) is 1. The largest absolute Gasteiger partial charge is 0.344 e. The molecule has 5 rings (SSSR count). The molecule has 1 atom stereocenters. The minimum atomic E-state index is -0.153. The minimum absolute atomic E-state index is 0.153. The zero-order valence-electron chi connectivity index (χ0n) is 14.6. The Morgan fingerprint density at radius 1 is 1.15 bits per heavy atom. The van der Waals surface area contributed by atoms with Crippen molar-refractivity contribution in [2.45, 2.75) is 13.0 Å². The van der Waals surface area contributed by atoms with Crippen LogP contribution < -0.4 is 5.32 Å². The summed E-state index contributed by atoms with van der Waals surface area (Å²) in [6.45, 7) is 2.07. The van der Waals surface area contributed by atoms with Gasteiger partial charge < -0.3 is 9.88 Å². The Morgan fingerprint density at radius 2 is 2.00 bits per heavy atom. The fraction of sp³-hybridized carbons (Fsp3) is 0.158. The molecule has 27 heavy (non-hydrogen) atoms. The average molecular weight is 416 g/mol. The van der Waals surface area contributed by atoms with E-state index in [9.17, 15) is 0 Å². The maximum absolute atomic E-state index is 6.33. The number of imidazole rings is 1. The van der Waals surface area contributed by atoms with Crippen molar-refractivity contribution >= 4 is 57.0 Å². The van der Waals surface area contributed by atoms with Gasteiger partial charge >= 0.3 is 0 Å². The van der Waals surface area contributed by atoms with Crippen molar-refractivity contribution in [3.63, 3.8) is 0 Å². The summed E-state index contributed by atoms with van der Waals surface area (Å²) >= 11 is 14.1. The number of thiophene rings is 1. The maximum atomic E-state index is 6.33. The molecule has 1 aromatic carbocycles.